The molecule has 6 heteroatoms. The van der Waals surface area contributed by atoms with Gasteiger partial charge in [-0.15, -0.1) is 0 Å². The summed E-state index contributed by atoms with van der Waals surface area (Å²) in [5, 5.41) is 4.38. The summed E-state index contributed by atoms with van der Waals surface area (Å²) in [6, 6.07) is 7.04. The van der Waals surface area contributed by atoms with Crippen molar-refractivity contribution in [3.63, 3.8) is 0 Å². The van der Waals surface area contributed by atoms with Gasteiger partial charge >= 0.3 is 0 Å². The minimum Gasteiger partial charge on any atom is -0.378 e. The number of hydrazine groups is 1. The van der Waals surface area contributed by atoms with Gasteiger partial charge in [0.05, 0.1) is 31.0 Å². The van der Waals surface area contributed by atoms with Crippen molar-refractivity contribution < 1.29 is 14.3 Å². The minimum atomic E-state index is -0.523. The van der Waals surface area contributed by atoms with E-state index in [4.69, 9.17) is 4.74 Å². The van der Waals surface area contributed by atoms with Gasteiger partial charge in [0.15, 0.2) is 0 Å². The molecule has 2 rings (SSSR count). The molecule has 1 aromatic rings. The van der Waals surface area contributed by atoms with Crippen molar-refractivity contribution in [3.8, 4) is 0 Å². The third kappa shape index (κ3) is 4.05. The second-order valence-corrected chi connectivity index (χ2v) is 6.23. The zero-order valence-corrected chi connectivity index (χ0v) is 13.3. The van der Waals surface area contributed by atoms with Crippen molar-refractivity contribution in [3.05, 3.63) is 29.8 Å². The van der Waals surface area contributed by atoms with Crippen LogP contribution in [0.25, 0.3) is 0 Å². The molecule has 0 saturated carbocycles. The molecule has 1 aromatic carbocycles. The largest absolute Gasteiger partial charge is 0.378 e. The van der Waals surface area contributed by atoms with Crippen molar-refractivity contribution in [2.45, 2.75) is 20.8 Å². The van der Waals surface area contributed by atoms with E-state index >= 15 is 0 Å². The van der Waals surface area contributed by atoms with E-state index in [0.29, 0.717) is 37.6 Å². The molecular formula is C16H23N3O3. The average molecular weight is 305 g/mol. The van der Waals surface area contributed by atoms with Crippen LogP contribution in [0, 0.1) is 5.41 Å². The third-order valence-electron chi connectivity index (χ3n) is 3.34. The molecule has 0 radical (unpaired) electrons. The molecule has 0 spiro atoms. The Kier molecular flexibility index (Phi) is 5.15. The monoisotopic (exact) mass is 305 g/mol. The fraction of sp³-hybridized carbons (Fsp3) is 0.500. The number of para-hydroxylation sites is 1. The van der Waals surface area contributed by atoms with Crippen molar-refractivity contribution in [1.82, 2.24) is 10.4 Å². The van der Waals surface area contributed by atoms with Gasteiger partial charge in [0.25, 0.3) is 5.91 Å². The molecule has 2 amide bonds. The predicted molar refractivity (Wildman–Crippen MR) is 84.4 cm³/mol. The Morgan fingerprint density at radius 1 is 1.23 bits per heavy atom. The summed E-state index contributed by atoms with van der Waals surface area (Å²) < 4.78 is 5.32. The maximum atomic E-state index is 12.7. The molecule has 0 aromatic heterocycles. The molecule has 1 aliphatic heterocycles. The summed E-state index contributed by atoms with van der Waals surface area (Å²) in [7, 11) is 0. The average Bonchev–Trinajstić information content (AvgIpc) is 2.75. The maximum Gasteiger partial charge on any atom is 0.270 e. The standard InChI is InChI=1S/C16H23N3O3/c1-16(2,3)15(21)18-13-7-5-4-6-12(13)14(20)19-9-11-22-10-8-17-19/h4-7,17H,8-11H2,1-3H3,(H,18,21). The molecule has 1 heterocycles. The van der Waals surface area contributed by atoms with E-state index in [9.17, 15) is 9.59 Å². The molecule has 0 unspecified atom stereocenters. The number of nitrogens with zero attached hydrogens (tertiary/aromatic N) is 1. The number of hydrogen-bond donors (Lipinski definition) is 2. The highest BCUT2D eigenvalue weighted by Crippen LogP contribution is 2.21. The number of carbonyl (C=O) groups excluding carboxylic acids is 2. The van der Waals surface area contributed by atoms with Gasteiger partial charge in [-0.25, -0.2) is 5.43 Å². The van der Waals surface area contributed by atoms with Crippen LogP contribution in [0.1, 0.15) is 31.1 Å². The molecule has 1 aliphatic rings. The fourth-order valence-electron chi connectivity index (χ4n) is 2.00. The first-order valence-electron chi connectivity index (χ1n) is 7.43. The van der Waals surface area contributed by atoms with Gasteiger partial charge in [-0.2, -0.15) is 0 Å². The summed E-state index contributed by atoms with van der Waals surface area (Å²) in [5.41, 5.74) is 3.51. The Hall–Kier alpha value is -1.92. The van der Waals surface area contributed by atoms with Crippen molar-refractivity contribution >= 4 is 17.5 Å². The highest BCUT2D eigenvalue weighted by Gasteiger charge is 2.25. The summed E-state index contributed by atoms with van der Waals surface area (Å²) >= 11 is 0. The quantitative estimate of drug-likeness (QED) is 0.871. The van der Waals surface area contributed by atoms with Gasteiger partial charge in [0, 0.05) is 12.0 Å². The van der Waals surface area contributed by atoms with Crippen molar-refractivity contribution in [2.75, 3.05) is 31.6 Å². The molecule has 22 heavy (non-hydrogen) atoms. The molecule has 1 saturated heterocycles. The molecule has 6 nitrogen and oxygen atoms in total. The smallest absolute Gasteiger partial charge is 0.270 e. The van der Waals surface area contributed by atoms with E-state index in [1.807, 2.05) is 20.8 Å². The predicted octanol–water partition coefficient (Wildman–Crippen LogP) is 1.65. The second kappa shape index (κ2) is 6.89. The number of anilines is 1. The Bertz CT molecular complexity index is 544. The van der Waals surface area contributed by atoms with E-state index in [1.54, 1.807) is 24.3 Å². The highest BCUT2D eigenvalue weighted by atomic mass is 16.5. The Balaban J connectivity index is 2.20. The van der Waals surface area contributed by atoms with E-state index < -0.39 is 5.41 Å². The van der Waals surface area contributed by atoms with Gasteiger partial charge in [0.2, 0.25) is 5.91 Å². The van der Waals surface area contributed by atoms with Crippen LogP contribution < -0.4 is 10.7 Å². The van der Waals surface area contributed by atoms with Gasteiger partial charge in [-0.1, -0.05) is 32.9 Å². The van der Waals surface area contributed by atoms with Crippen LogP contribution in [-0.4, -0.2) is 43.1 Å². The molecule has 120 valence electrons. The summed E-state index contributed by atoms with van der Waals surface area (Å²) in [5.74, 6) is -0.296. The van der Waals surface area contributed by atoms with Crippen LogP contribution in [-0.2, 0) is 9.53 Å². The van der Waals surface area contributed by atoms with Crippen LogP contribution >= 0.6 is 0 Å². The van der Waals surface area contributed by atoms with E-state index in [-0.39, 0.29) is 11.8 Å². The van der Waals surface area contributed by atoms with Crippen LogP contribution in [0.2, 0.25) is 0 Å². The topological polar surface area (TPSA) is 70.7 Å². The molecule has 0 aliphatic carbocycles. The normalized spacial score (nSPS) is 16.0. The second-order valence-electron chi connectivity index (χ2n) is 6.23. The zero-order chi connectivity index (χ0) is 16.2. The zero-order valence-electron chi connectivity index (χ0n) is 13.3. The lowest BCUT2D eigenvalue weighted by Crippen LogP contribution is -2.44. The van der Waals surface area contributed by atoms with Crippen LogP contribution in [0.5, 0.6) is 0 Å². The SMILES string of the molecule is CC(C)(C)C(=O)Nc1ccccc1C(=O)N1CCOCCN1. The van der Waals surface area contributed by atoms with E-state index in [2.05, 4.69) is 10.7 Å². The summed E-state index contributed by atoms with van der Waals surface area (Å²) in [6.45, 7) is 7.63. The van der Waals surface area contributed by atoms with Crippen molar-refractivity contribution in [1.29, 1.82) is 0 Å². The van der Waals surface area contributed by atoms with Gasteiger partial charge in [-0.3, -0.25) is 14.6 Å². The molecule has 2 N–H and O–H groups in total. The number of ether oxygens (including phenoxy) is 1. The number of hydrogen-bond acceptors (Lipinski definition) is 4. The number of nitrogens with one attached hydrogen (secondary N) is 2. The number of carbonyl (C=O) groups is 2. The van der Waals surface area contributed by atoms with Crippen molar-refractivity contribution in [2.24, 2.45) is 5.41 Å². The number of benzene rings is 1. The number of rotatable bonds is 2. The fourth-order valence-corrected chi connectivity index (χ4v) is 2.00. The lowest BCUT2D eigenvalue weighted by molar-refractivity contribution is -0.123. The van der Waals surface area contributed by atoms with E-state index in [1.165, 1.54) is 5.01 Å². The Labute approximate surface area is 130 Å². The van der Waals surface area contributed by atoms with Gasteiger partial charge in [0.1, 0.15) is 0 Å². The molecule has 0 atom stereocenters. The molecular weight excluding hydrogens is 282 g/mol. The lowest BCUT2D eigenvalue weighted by Gasteiger charge is -2.23. The van der Waals surface area contributed by atoms with Gasteiger partial charge < -0.3 is 10.1 Å². The van der Waals surface area contributed by atoms with Gasteiger partial charge in [-0.05, 0) is 12.1 Å². The highest BCUT2D eigenvalue weighted by molar-refractivity contribution is 6.04. The first-order valence-corrected chi connectivity index (χ1v) is 7.43. The van der Waals surface area contributed by atoms with Crippen LogP contribution in [0.15, 0.2) is 24.3 Å². The minimum absolute atomic E-state index is 0.125. The molecule has 0 bridgehead atoms. The lowest BCUT2D eigenvalue weighted by atomic mass is 9.95. The third-order valence-corrected chi connectivity index (χ3v) is 3.34. The summed E-state index contributed by atoms with van der Waals surface area (Å²) in [6.07, 6.45) is 0. The Morgan fingerprint density at radius 3 is 2.68 bits per heavy atom. The molecule has 1 fully saturated rings. The number of amides is 2. The maximum absolute atomic E-state index is 12.7. The van der Waals surface area contributed by atoms with E-state index in [0.717, 1.165) is 0 Å². The first kappa shape index (κ1) is 16.5. The Morgan fingerprint density at radius 2 is 1.95 bits per heavy atom. The van der Waals surface area contributed by atoms with Crippen LogP contribution in [0.4, 0.5) is 5.69 Å². The first-order chi connectivity index (χ1) is 10.4. The summed E-state index contributed by atoms with van der Waals surface area (Å²) in [4.78, 5) is 24.8. The van der Waals surface area contributed by atoms with Crippen LogP contribution in [0.3, 0.4) is 0 Å².